The molecule has 0 aromatic heterocycles. The molecule has 1 atom stereocenters. The Hall–Kier alpha value is -1.93. The monoisotopic (exact) mass is 249 g/mol. The molecular weight excluding hydrogens is 233 g/mol. The molecule has 0 saturated heterocycles. The number of nitriles is 1. The van der Waals surface area contributed by atoms with Gasteiger partial charge in [0.05, 0.1) is 5.56 Å². The lowest BCUT2D eigenvalue weighted by Crippen LogP contribution is -2.31. The van der Waals surface area contributed by atoms with Crippen molar-refractivity contribution >= 4 is 11.6 Å². The summed E-state index contributed by atoms with van der Waals surface area (Å²) in [5.74, 6) is -0.639. The van der Waals surface area contributed by atoms with E-state index in [2.05, 4.69) is 5.32 Å². The molecule has 1 amide bonds. The summed E-state index contributed by atoms with van der Waals surface area (Å²) in [6, 6.07) is 5.36. The van der Waals surface area contributed by atoms with E-state index in [4.69, 9.17) is 11.0 Å². The fourth-order valence-corrected chi connectivity index (χ4v) is 1.35. The minimum absolute atomic E-state index is 0.0963. The molecule has 1 rings (SSSR count). The van der Waals surface area contributed by atoms with Gasteiger partial charge in [-0.1, -0.05) is 13.8 Å². The number of nitrogens with one attached hydrogen (secondary N) is 1. The molecule has 18 heavy (non-hydrogen) atoms. The van der Waals surface area contributed by atoms with Crippen molar-refractivity contribution in [2.45, 2.75) is 26.3 Å². The molecule has 1 aromatic rings. The van der Waals surface area contributed by atoms with E-state index in [1.807, 2.05) is 13.8 Å². The number of benzene rings is 1. The molecule has 3 N–H and O–H groups in total. The van der Waals surface area contributed by atoms with Gasteiger partial charge in [0.1, 0.15) is 11.9 Å². The number of amides is 1. The van der Waals surface area contributed by atoms with Crippen molar-refractivity contribution in [1.29, 1.82) is 5.26 Å². The molecule has 0 aliphatic rings. The summed E-state index contributed by atoms with van der Waals surface area (Å²) < 4.78 is 13.1. The van der Waals surface area contributed by atoms with Crippen molar-refractivity contribution in [3.05, 3.63) is 29.6 Å². The molecule has 0 aliphatic heterocycles. The second-order valence-corrected chi connectivity index (χ2v) is 4.47. The highest BCUT2D eigenvalue weighted by atomic mass is 19.1. The average Bonchev–Trinajstić information content (AvgIpc) is 2.31. The van der Waals surface area contributed by atoms with Gasteiger partial charge < -0.3 is 11.1 Å². The summed E-state index contributed by atoms with van der Waals surface area (Å²) in [7, 11) is 0. The Morgan fingerprint density at radius 2 is 2.22 bits per heavy atom. The maximum absolute atomic E-state index is 13.1. The van der Waals surface area contributed by atoms with Gasteiger partial charge in [0.2, 0.25) is 5.91 Å². The molecule has 0 saturated carbocycles. The summed E-state index contributed by atoms with van der Waals surface area (Å²) in [5, 5.41) is 11.3. The molecule has 0 radical (unpaired) electrons. The largest absolute Gasteiger partial charge is 0.327 e. The summed E-state index contributed by atoms with van der Waals surface area (Å²) in [6.07, 6.45) is 0.191. The van der Waals surface area contributed by atoms with Gasteiger partial charge in [0.25, 0.3) is 0 Å². The van der Waals surface area contributed by atoms with Crippen molar-refractivity contribution in [3.63, 3.8) is 0 Å². The Balaban J connectivity index is 2.68. The molecule has 0 spiro atoms. The van der Waals surface area contributed by atoms with Crippen LogP contribution in [-0.4, -0.2) is 11.9 Å². The zero-order valence-electron chi connectivity index (χ0n) is 10.4. The first-order valence-corrected chi connectivity index (χ1v) is 5.69. The summed E-state index contributed by atoms with van der Waals surface area (Å²) in [4.78, 5) is 11.6. The second-order valence-electron chi connectivity index (χ2n) is 4.47. The van der Waals surface area contributed by atoms with Crippen LogP contribution >= 0.6 is 0 Å². The predicted octanol–water partition coefficient (Wildman–Crippen LogP) is 2.01. The number of hydrogen-bond donors (Lipinski definition) is 2. The average molecular weight is 249 g/mol. The van der Waals surface area contributed by atoms with Crippen molar-refractivity contribution in [2.75, 3.05) is 5.32 Å². The van der Waals surface area contributed by atoms with E-state index < -0.39 is 5.82 Å². The normalized spacial score (nSPS) is 12.0. The van der Waals surface area contributed by atoms with E-state index in [-0.39, 0.29) is 29.9 Å². The zero-order chi connectivity index (χ0) is 13.7. The van der Waals surface area contributed by atoms with Crippen LogP contribution in [0.15, 0.2) is 18.2 Å². The summed E-state index contributed by atoms with van der Waals surface area (Å²) >= 11 is 0. The van der Waals surface area contributed by atoms with E-state index in [9.17, 15) is 9.18 Å². The third-order valence-corrected chi connectivity index (χ3v) is 2.65. The number of carbonyl (C=O) groups is 1. The quantitative estimate of drug-likeness (QED) is 0.856. The van der Waals surface area contributed by atoms with E-state index in [0.717, 1.165) is 6.07 Å². The summed E-state index contributed by atoms with van der Waals surface area (Å²) in [6.45, 7) is 3.87. The SMILES string of the molecule is CC(C)C(N)CC(=O)Nc1ccc(F)c(C#N)c1. The number of halogens is 1. The van der Waals surface area contributed by atoms with Crippen LogP contribution in [-0.2, 0) is 4.79 Å². The Labute approximate surface area is 106 Å². The first-order valence-electron chi connectivity index (χ1n) is 5.69. The Kier molecular flexibility index (Phi) is 4.81. The van der Waals surface area contributed by atoms with Gasteiger partial charge in [-0.25, -0.2) is 4.39 Å². The Bertz CT molecular complexity index is 480. The minimum Gasteiger partial charge on any atom is -0.327 e. The van der Waals surface area contributed by atoms with Crippen LogP contribution in [0.1, 0.15) is 25.8 Å². The van der Waals surface area contributed by atoms with E-state index >= 15 is 0 Å². The molecule has 96 valence electrons. The molecule has 0 aliphatic carbocycles. The van der Waals surface area contributed by atoms with Crippen molar-refractivity contribution in [1.82, 2.24) is 0 Å². The first kappa shape index (κ1) is 14.1. The zero-order valence-corrected chi connectivity index (χ0v) is 10.4. The second kappa shape index (κ2) is 6.12. The number of hydrogen-bond acceptors (Lipinski definition) is 3. The van der Waals surface area contributed by atoms with Gasteiger partial charge in [0, 0.05) is 18.2 Å². The van der Waals surface area contributed by atoms with Crippen molar-refractivity contribution in [2.24, 2.45) is 11.7 Å². The fourth-order valence-electron chi connectivity index (χ4n) is 1.35. The number of carbonyl (C=O) groups excluding carboxylic acids is 1. The molecule has 0 bridgehead atoms. The molecule has 1 unspecified atom stereocenters. The number of nitrogens with two attached hydrogens (primary N) is 1. The lowest BCUT2D eigenvalue weighted by molar-refractivity contribution is -0.116. The van der Waals surface area contributed by atoms with E-state index in [1.54, 1.807) is 6.07 Å². The van der Waals surface area contributed by atoms with Crippen LogP contribution in [0.3, 0.4) is 0 Å². The van der Waals surface area contributed by atoms with Crippen LogP contribution in [0, 0.1) is 23.1 Å². The van der Waals surface area contributed by atoms with Crippen LogP contribution in [0.5, 0.6) is 0 Å². The Morgan fingerprint density at radius 3 is 2.78 bits per heavy atom. The van der Waals surface area contributed by atoms with E-state index in [1.165, 1.54) is 12.1 Å². The molecule has 5 heteroatoms. The van der Waals surface area contributed by atoms with Gasteiger partial charge in [-0.2, -0.15) is 5.26 Å². The molecule has 1 aromatic carbocycles. The third-order valence-electron chi connectivity index (χ3n) is 2.65. The number of rotatable bonds is 4. The van der Waals surface area contributed by atoms with Gasteiger partial charge in [0.15, 0.2) is 0 Å². The minimum atomic E-state index is -0.602. The van der Waals surface area contributed by atoms with Crippen LogP contribution in [0.25, 0.3) is 0 Å². The van der Waals surface area contributed by atoms with Crippen molar-refractivity contribution < 1.29 is 9.18 Å². The third kappa shape index (κ3) is 3.82. The standard InChI is InChI=1S/C13H16FN3O/c1-8(2)12(16)6-13(18)17-10-3-4-11(14)9(5-10)7-15/h3-5,8,12H,6,16H2,1-2H3,(H,17,18). The lowest BCUT2D eigenvalue weighted by atomic mass is 10.0. The highest BCUT2D eigenvalue weighted by molar-refractivity contribution is 5.91. The van der Waals surface area contributed by atoms with Gasteiger partial charge in [-0.15, -0.1) is 0 Å². The van der Waals surface area contributed by atoms with Crippen molar-refractivity contribution in [3.8, 4) is 6.07 Å². The molecule has 0 heterocycles. The van der Waals surface area contributed by atoms with E-state index in [0.29, 0.717) is 5.69 Å². The highest BCUT2D eigenvalue weighted by Gasteiger charge is 2.13. The number of nitrogens with zero attached hydrogens (tertiary/aromatic N) is 1. The molecular formula is C13H16FN3O. The highest BCUT2D eigenvalue weighted by Crippen LogP contribution is 2.14. The smallest absolute Gasteiger partial charge is 0.225 e. The fraction of sp³-hybridized carbons (Fsp3) is 0.385. The topological polar surface area (TPSA) is 78.9 Å². The maximum atomic E-state index is 13.1. The lowest BCUT2D eigenvalue weighted by Gasteiger charge is -2.15. The Morgan fingerprint density at radius 1 is 1.56 bits per heavy atom. The van der Waals surface area contributed by atoms with Gasteiger partial charge in [-0.05, 0) is 24.1 Å². The van der Waals surface area contributed by atoms with Crippen LogP contribution in [0.4, 0.5) is 10.1 Å². The van der Waals surface area contributed by atoms with Crippen LogP contribution < -0.4 is 11.1 Å². The summed E-state index contributed by atoms with van der Waals surface area (Å²) in [5.41, 5.74) is 6.08. The molecule has 4 nitrogen and oxygen atoms in total. The predicted molar refractivity (Wildman–Crippen MR) is 67.2 cm³/mol. The van der Waals surface area contributed by atoms with Gasteiger partial charge >= 0.3 is 0 Å². The maximum Gasteiger partial charge on any atom is 0.225 e. The molecule has 0 fully saturated rings. The van der Waals surface area contributed by atoms with Gasteiger partial charge in [-0.3, -0.25) is 4.79 Å². The van der Waals surface area contributed by atoms with Crippen LogP contribution in [0.2, 0.25) is 0 Å². The number of anilines is 1. The first-order chi connectivity index (χ1) is 8.43.